The van der Waals surface area contributed by atoms with E-state index in [1.54, 1.807) is 0 Å². The summed E-state index contributed by atoms with van der Waals surface area (Å²) in [5.74, 6) is 0.517. The van der Waals surface area contributed by atoms with Gasteiger partial charge in [-0.1, -0.05) is 6.92 Å². The van der Waals surface area contributed by atoms with Gasteiger partial charge in [-0.15, -0.1) is 0 Å². The molecule has 0 aromatic rings. The Balaban J connectivity index is 2.24. The van der Waals surface area contributed by atoms with Gasteiger partial charge in [0.05, 0.1) is 11.9 Å². The van der Waals surface area contributed by atoms with Gasteiger partial charge in [-0.2, -0.15) is 0 Å². The normalized spacial score (nSPS) is 28.2. The van der Waals surface area contributed by atoms with Crippen molar-refractivity contribution in [2.45, 2.75) is 25.9 Å². The second kappa shape index (κ2) is 5.95. The van der Waals surface area contributed by atoms with Gasteiger partial charge in [0.25, 0.3) is 0 Å². The number of hydrogen-bond donors (Lipinski definition) is 2. The van der Waals surface area contributed by atoms with Crippen LogP contribution in [0.25, 0.3) is 0 Å². The average molecular weight is 250 g/mol. The van der Waals surface area contributed by atoms with Crippen molar-refractivity contribution in [1.82, 2.24) is 9.62 Å². The molecule has 5 nitrogen and oxygen atoms in total. The highest BCUT2D eigenvalue weighted by molar-refractivity contribution is 7.89. The van der Waals surface area contributed by atoms with Crippen molar-refractivity contribution in [3.05, 3.63) is 0 Å². The molecular formula is C10H22N2O3S. The predicted molar refractivity (Wildman–Crippen MR) is 63.7 cm³/mol. The molecule has 0 radical (unpaired) electrons. The average Bonchev–Trinajstić information content (AvgIpc) is 2.23. The highest BCUT2D eigenvalue weighted by Gasteiger charge is 2.23. The lowest BCUT2D eigenvalue weighted by molar-refractivity contribution is 0.0295. The first kappa shape index (κ1) is 13.9. The van der Waals surface area contributed by atoms with Crippen LogP contribution in [-0.4, -0.2) is 57.0 Å². The number of aliphatic hydroxyl groups excluding tert-OH is 1. The maximum atomic E-state index is 11.2. The van der Waals surface area contributed by atoms with Crippen LogP contribution in [0.2, 0.25) is 0 Å². The second-order valence-electron chi connectivity index (χ2n) is 4.51. The van der Waals surface area contributed by atoms with Gasteiger partial charge in [-0.25, -0.2) is 13.1 Å². The molecule has 0 amide bonds. The third-order valence-electron chi connectivity index (χ3n) is 3.20. The van der Waals surface area contributed by atoms with E-state index in [2.05, 4.69) is 9.62 Å². The maximum Gasteiger partial charge on any atom is 0.211 e. The van der Waals surface area contributed by atoms with Crippen molar-refractivity contribution in [3.63, 3.8) is 0 Å². The van der Waals surface area contributed by atoms with Crippen LogP contribution >= 0.6 is 0 Å². The third-order valence-corrected chi connectivity index (χ3v) is 4.65. The van der Waals surface area contributed by atoms with Crippen molar-refractivity contribution in [2.75, 3.05) is 32.4 Å². The van der Waals surface area contributed by atoms with E-state index in [-0.39, 0.29) is 11.9 Å². The Bertz CT molecular complexity index is 305. The molecule has 1 fully saturated rings. The smallest absolute Gasteiger partial charge is 0.211 e. The van der Waals surface area contributed by atoms with E-state index in [1.807, 2.05) is 6.92 Å². The minimum Gasteiger partial charge on any atom is -0.392 e. The molecular weight excluding hydrogens is 228 g/mol. The lowest BCUT2D eigenvalue weighted by Crippen LogP contribution is -2.43. The molecule has 2 unspecified atom stereocenters. The molecule has 1 heterocycles. The van der Waals surface area contributed by atoms with E-state index in [0.717, 1.165) is 19.5 Å². The van der Waals surface area contributed by atoms with E-state index in [0.29, 0.717) is 18.9 Å². The van der Waals surface area contributed by atoms with E-state index >= 15 is 0 Å². The summed E-state index contributed by atoms with van der Waals surface area (Å²) >= 11 is 0. The highest BCUT2D eigenvalue weighted by atomic mass is 32.2. The zero-order valence-electron chi connectivity index (χ0n) is 10.0. The predicted octanol–water partition coefficient (Wildman–Crippen LogP) is -0.372. The first-order valence-electron chi connectivity index (χ1n) is 5.76. The van der Waals surface area contributed by atoms with Crippen molar-refractivity contribution in [3.8, 4) is 0 Å². The first-order chi connectivity index (χ1) is 7.44. The maximum absolute atomic E-state index is 11.2. The molecule has 96 valence electrons. The molecule has 0 aliphatic carbocycles. The molecule has 1 rings (SSSR count). The van der Waals surface area contributed by atoms with Crippen LogP contribution in [0, 0.1) is 5.92 Å². The van der Waals surface area contributed by atoms with Gasteiger partial charge in [0, 0.05) is 6.54 Å². The summed E-state index contributed by atoms with van der Waals surface area (Å²) in [7, 11) is -1.65. The Hall–Kier alpha value is -0.170. The molecule has 6 heteroatoms. The Morgan fingerprint density at radius 2 is 2.19 bits per heavy atom. The van der Waals surface area contributed by atoms with Crippen LogP contribution in [-0.2, 0) is 10.0 Å². The second-order valence-corrected chi connectivity index (χ2v) is 6.56. The zero-order chi connectivity index (χ0) is 12.2. The topological polar surface area (TPSA) is 69.6 Å². The lowest BCUT2D eigenvalue weighted by atomic mass is 9.96. The summed E-state index contributed by atoms with van der Waals surface area (Å²) in [6.07, 6.45) is 1.33. The first-order valence-corrected chi connectivity index (χ1v) is 7.41. The molecule has 0 aromatic carbocycles. The van der Waals surface area contributed by atoms with Crippen LogP contribution in [0.4, 0.5) is 0 Å². The van der Waals surface area contributed by atoms with Crippen molar-refractivity contribution >= 4 is 10.0 Å². The minimum absolute atomic E-state index is 0.158. The molecule has 0 aromatic heterocycles. The largest absolute Gasteiger partial charge is 0.392 e. The van der Waals surface area contributed by atoms with E-state index < -0.39 is 10.0 Å². The lowest BCUT2D eigenvalue weighted by Gasteiger charge is -2.34. The summed E-state index contributed by atoms with van der Waals surface area (Å²) in [4.78, 5) is 2.13. The van der Waals surface area contributed by atoms with Gasteiger partial charge in [0.1, 0.15) is 0 Å². The molecule has 16 heavy (non-hydrogen) atoms. The molecule has 0 bridgehead atoms. The van der Waals surface area contributed by atoms with Crippen molar-refractivity contribution < 1.29 is 13.5 Å². The van der Waals surface area contributed by atoms with E-state index in [9.17, 15) is 13.5 Å². The highest BCUT2D eigenvalue weighted by Crippen LogP contribution is 2.16. The summed E-state index contributed by atoms with van der Waals surface area (Å²) < 4.78 is 24.7. The number of sulfonamides is 1. The van der Waals surface area contributed by atoms with E-state index in [4.69, 9.17) is 0 Å². The van der Waals surface area contributed by atoms with Crippen LogP contribution in [0.1, 0.15) is 19.8 Å². The number of rotatable bonds is 5. The Morgan fingerprint density at radius 3 is 2.75 bits per heavy atom. The number of likely N-dealkylation sites (tertiary alicyclic amines) is 1. The fraction of sp³-hybridized carbons (Fsp3) is 1.00. The monoisotopic (exact) mass is 250 g/mol. The molecule has 0 spiro atoms. The van der Waals surface area contributed by atoms with Gasteiger partial charge in [0.2, 0.25) is 10.0 Å². The molecule has 2 N–H and O–H groups in total. The van der Waals surface area contributed by atoms with Gasteiger partial charge in [-0.05, 0) is 38.9 Å². The Morgan fingerprint density at radius 1 is 1.50 bits per heavy atom. The summed E-state index contributed by atoms with van der Waals surface area (Å²) in [5, 5.41) is 9.68. The molecule has 1 saturated heterocycles. The summed E-state index contributed by atoms with van der Waals surface area (Å²) in [6.45, 7) is 4.41. The molecule has 2 atom stereocenters. The van der Waals surface area contributed by atoms with E-state index in [1.165, 1.54) is 7.05 Å². The molecule has 1 aliphatic rings. The quantitative estimate of drug-likeness (QED) is 0.698. The number of aliphatic hydroxyl groups is 1. The summed E-state index contributed by atoms with van der Waals surface area (Å²) in [6, 6.07) is 0. The van der Waals surface area contributed by atoms with Crippen LogP contribution in [0.15, 0.2) is 0 Å². The third kappa shape index (κ3) is 4.37. The zero-order valence-corrected chi connectivity index (χ0v) is 10.8. The van der Waals surface area contributed by atoms with Crippen LogP contribution < -0.4 is 4.72 Å². The van der Waals surface area contributed by atoms with Crippen molar-refractivity contribution in [2.24, 2.45) is 5.92 Å². The minimum atomic E-state index is -3.08. The number of piperidine rings is 1. The number of hydrogen-bond acceptors (Lipinski definition) is 4. The molecule has 1 aliphatic heterocycles. The standard InChI is InChI=1S/C10H22N2O3S/c1-9-4-6-12(8-10(9)13)5-3-7-16(14,15)11-2/h9-11,13H,3-8H2,1-2H3. The molecule has 0 saturated carbocycles. The van der Waals surface area contributed by atoms with Gasteiger partial charge < -0.3 is 10.0 Å². The summed E-state index contributed by atoms with van der Waals surface area (Å²) in [5.41, 5.74) is 0. The van der Waals surface area contributed by atoms with Crippen LogP contribution in [0.5, 0.6) is 0 Å². The van der Waals surface area contributed by atoms with Crippen molar-refractivity contribution in [1.29, 1.82) is 0 Å². The Kier molecular flexibility index (Phi) is 5.17. The Labute approximate surface area is 97.9 Å². The number of β-amino-alcohol motifs (C(OH)–C–C–N with tert-alkyl or cyclic N) is 1. The number of nitrogens with zero attached hydrogens (tertiary/aromatic N) is 1. The van der Waals surface area contributed by atoms with Gasteiger partial charge >= 0.3 is 0 Å². The van der Waals surface area contributed by atoms with Crippen LogP contribution in [0.3, 0.4) is 0 Å². The SMILES string of the molecule is CNS(=O)(=O)CCCN1CCC(C)C(O)C1. The number of nitrogens with one attached hydrogen (secondary N) is 1. The fourth-order valence-corrected chi connectivity index (χ4v) is 2.61. The van der Waals surface area contributed by atoms with Gasteiger partial charge in [0.15, 0.2) is 0 Å². The van der Waals surface area contributed by atoms with Gasteiger partial charge in [-0.3, -0.25) is 0 Å². The fourth-order valence-electron chi connectivity index (χ4n) is 1.90.